The Morgan fingerprint density at radius 3 is 2.88 bits per heavy atom. The van der Waals surface area contributed by atoms with Crippen LogP contribution in [-0.4, -0.2) is 32.6 Å². The Kier molecular flexibility index (Phi) is 4.88. The highest BCUT2D eigenvalue weighted by atomic mass is 16.3. The summed E-state index contributed by atoms with van der Waals surface area (Å²) in [5.41, 5.74) is 2.98. The molecular weight excluding hydrogens is 316 g/mol. The number of fused-ring (bicyclic) bond motifs is 1. The summed E-state index contributed by atoms with van der Waals surface area (Å²) in [6.07, 6.45) is 4.66. The zero-order valence-electron chi connectivity index (χ0n) is 15.2. The molecule has 6 nitrogen and oxygen atoms in total. The number of carbonyl (C=O) groups excluding carboxylic acids is 1. The topological polar surface area (TPSA) is 64.2 Å². The second kappa shape index (κ2) is 7.09. The number of carbonyl (C=O) groups is 1. The van der Waals surface area contributed by atoms with Crippen LogP contribution in [0.4, 0.5) is 0 Å². The van der Waals surface area contributed by atoms with Gasteiger partial charge in [0.2, 0.25) is 5.91 Å². The Bertz CT molecular complexity index is 879. The van der Waals surface area contributed by atoms with E-state index in [2.05, 4.69) is 43.1 Å². The van der Waals surface area contributed by atoms with E-state index in [-0.39, 0.29) is 11.9 Å². The molecule has 2 heterocycles. The standard InChI is InChI=1S/C19H24N4O2/c1-5-14-6-7-17-16(8-14)15(11-25-17)9-19(24)22(4)10-18-21-20-12-23(18)13(2)3/h6-8,11-13H,5,9-10H2,1-4H3. The quantitative estimate of drug-likeness (QED) is 0.690. The average molecular weight is 340 g/mol. The number of furan rings is 1. The van der Waals surface area contributed by atoms with Gasteiger partial charge in [-0.1, -0.05) is 13.0 Å². The molecule has 0 saturated carbocycles. The molecular formula is C19H24N4O2. The molecule has 1 aromatic carbocycles. The van der Waals surface area contributed by atoms with Crippen LogP contribution in [0.5, 0.6) is 0 Å². The Labute approximate surface area is 147 Å². The predicted molar refractivity (Wildman–Crippen MR) is 96.2 cm³/mol. The molecule has 132 valence electrons. The van der Waals surface area contributed by atoms with Gasteiger partial charge in [-0.2, -0.15) is 0 Å². The van der Waals surface area contributed by atoms with Crippen LogP contribution in [0, 0.1) is 0 Å². The number of hydrogen-bond acceptors (Lipinski definition) is 4. The van der Waals surface area contributed by atoms with E-state index in [1.165, 1.54) is 5.56 Å². The van der Waals surface area contributed by atoms with Gasteiger partial charge in [0.25, 0.3) is 0 Å². The molecule has 0 fully saturated rings. The summed E-state index contributed by atoms with van der Waals surface area (Å²) < 4.78 is 7.57. The van der Waals surface area contributed by atoms with E-state index in [1.54, 1.807) is 24.5 Å². The van der Waals surface area contributed by atoms with Crippen LogP contribution in [-0.2, 0) is 24.2 Å². The zero-order valence-corrected chi connectivity index (χ0v) is 15.2. The number of aromatic nitrogens is 3. The predicted octanol–water partition coefficient (Wildman–Crippen LogP) is 3.37. The van der Waals surface area contributed by atoms with Gasteiger partial charge in [-0.05, 0) is 38.0 Å². The van der Waals surface area contributed by atoms with Crippen LogP contribution in [0.1, 0.15) is 43.8 Å². The van der Waals surface area contributed by atoms with Crippen molar-refractivity contribution in [1.29, 1.82) is 0 Å². The highest BCUT2D eigenvalue weighted by Gasteiger charge is 2.17. The molecule has 0 spiro atoms. The first-order chi connectivity index (χ1) is 12.0. The van der Waals surface area contributed by atoms with Crippen molar-refractivity contribution in [2.75, 3.05) is 7.05 Å². The molecule has 0 N–H and O–H groups in total. The zero-order chi connectivity index (χ0) is 18.0. The molecule has 6 heteroatoms. The van der Waals surface area contributed by atoms with Crippen molar-refractivity contribution in [3.63, 3.8) is 0 Å². The molecule has 0 atom stereocenters. The van der Waals surface area contributed by atoms with Gasteiger partial charge in [0.1, 0.15) is 11.9 Å². The highest BCUT2D eigenvalue weighted by Crippen LogP contribution is 2.24. The molecule has 0 aliphatic carbocycles. The Hall–Kier alpha value is -2.63. The van der Waals surface area contributed by atoms with E-state index in [0.717, 1.165) is 28.8 Å². The number of likely N-dealkylation sites (N-methyl/N-ethyl adjacent to an activating group) is 1. The third-order valence-corrected chi connectivity index (χ3v) is 4.48. The van der Waals surface area contributed by atoms with Gasteiger partial charge in [-0.15, -0.1) is 10.2 Å². The Morgan fingerprint density at radius 1 is 1.36 bits per heavy atom. The fraction of sp³-hybridized carbons (Fsp3) is 0.421. The summed E-state index contributed by atoms with van der Waals surface area (Å²) in [7, 11) is 1.79. The van der Waals surface area contributed by atoms with Gasteiger partial charge in [-0.3, -0.25) is 4.79 Å². The van der Waals surface area contributed by atoms with Crippen molar-refractivity contribution in [3.05, 3.63) is 47.7 Å². The molecule has 0 unspecified atom stereocenters. The van der Waals surface area contributed by atoms with E-state index >= 15 is 0 Å². The lowest BCUT2D eigenvalue weighted by Crippen LogP contribution is -2.29. The number of aryl methyl sites for hydroxylation is 1. The molecule has 3 rings (SSSR count). The van der Waals surface area contributed by atoms with Crippen molar-refractivity contribution >= 4 is 16.9 Å². The molecule has 0 aliphatic heterocycles. The minimum absolute atomic E-state index is 0.0305. The third kappa shape index (κ3) is 3.57. The smallest absolute Gasteiger partial charge is 0.227 e. The molecule has 0 radical (unpaired) electrons. The van der Waals surface area contributed by atoms with Crippen LogP contribution in [0.2, 0.25) is 0 Å². The van der Waals surface area contributed by atoms with Crippen LogP contribution in [0.25, 0.3) is 11.0 Å². The van der Waals surface area contributed by atoms with Gasteiger partial charge in [0, 0.05) is 24.0 Å². The van der Waals surface area contributed by atoms with Crippen molar-refractivity contribution in [2.24, 2.45) is 0 Å². The van der Waals surface area contributed by atoms with Crippen molar-refractivity contribution in [2.45, 2.75) is 46.2 Å². The monoisotopic (exact) mass is 340 g/mol. The number of hydrogen-bond donors (Lipinski definition) is 0. The van der Waals surface area contributed by atoms with Crippen LogP contribution in [0.3, 0.4) is 0 Å². The van der Waals surface area contributed by atoms with E-state index < -0.39 is 0 Å². The second-order valence-electron chi connectivity index (χ2n) is 6.62. The summed E-state index contributed by atoms with van der Waals surface area (Å²) in [5.74, 6) is 0.819. The lowest BCUT2D eigenvalue weighted by Gasteiger charge is -2.18. The average Bonchev–Trinajstić information content (AvgIpc) is 3.21. The molecule has 3 aromatic rings. The molecule has 0 saturated heterocycles. The Balaban J connectivity index is 1.74. The molecule has 0 bridgehead atoms. The molecule has 25 heavy (non-hydrogen) atoms. The van der Waals surface area contributed by atoms with Crippen molar-refractivity contribution < 1.29 is 9.21 Å². The number of benzene rings is 1. The van der Waals surface area contributed by atoms with Gasteiger partial charge >= 0.3 is 0 Å². The van der Waals surface area contributed by atoms with Crippen LogP contribution in [0.15, 0.2) is 35.2 Å². The van der Waals surface area contributed by atoms with E-state index in [9.17, 15) is 4.79 Å². The van der Waals surface area contributed by atoms with Gasteiger partial charge in [0.05, 0.1) is 19.2 Å². The minimum atomic E-state index is 0.0305. The summed E-state index contributed by atoms with van der Waals surface area (Å²) in [4.78, 5) is 14.3. The summed E-state index contributed by atoms with van der Waals surface area (Å²) in [6.45, 7) is 6.69. The first-order valence-corrected chi connectivity index (χ1v) is 8.61. The molecule has 2 aromatic heterocycles. The number of amides is 1. The van der Waals surface area contributed by atoms with Crippen molar-refractivity contribution in [3.8, 4) is 0 Å². The maximum Gasteiger partial charge on any atom is 0.227 e. The van der Waals surface area contributed by atoms with Gasteiger partial charge < -0.3 is 13.9 Å². The third-order valence-electron chi connectivity index (χ3n) is 4.48. The molecule has 1 amide bonds. The SMILES string of the molecule is CCc1ccc2occ(CC(=O)N(C)Cc3nncn3C(C)C)c2c1. The summed E-state index contributed by atoms with van der Waals surface area (Å²) in [5, 5.41) is 9.10. The summed E-state index contributed by atoms with van der Waals surface area (Å²) in [6, 6.07) is 6.40. The lowest BCUT2D eigenvalue weighted by atomic mass is 10.1. The van der Waals surface area contributed by atoms with E-state index in [0.29, 0.717) is 13.0 Å². The van der Waals surface area contributed by atoms with Crippen LogP contribution >= 0.6 is 0 Å². The largest absolute Gasteiger partial charge is 0.464 e. The highest BCUT2D eigenvalue weighted by molar-refractivity contribution is 5.88. The van der Waals surface area contributed by atoms with Gasteiger partial charge in [-0.25, -0.2) is 0 Å². The fourth-order valence-electron chi connectivity index (χ4n) is 2.89. The first-order valence-electron chi connectivity index (χ1n) is 8.61. The molecule has 0 aliphatic rings. The number of nitrogens with zero attached hydrogens (tertiary/aromatic N) is 4. The lowest BCUT2D eigenvalue weighted by molar-refractivity contribution is -0.129. The maximum atomic E-state index is 12.6. The fourth-order valence-corrected chi connectivity index (χ4v) is 2.89. The first kappa shape index (κ1) is 17.2. The van der Waals surface area contributed by atoms with E-state index in [4.69, 9.17) is 4.42 Å². The maximum absolute atomic E-state index is 12.6. The Morgan fingerprint density at radius 2 is 2.16 bits per heavy atom. The number of rotatable bonds is 6. The van der Waals surface area contributed by atoms with Crippen LogP contribution < -0.4 is 0 Å². The van der Waals surface area contributed by atoms with Gasteiger partial charge in [0.15, 0.2) is 5.82 Å². The minimum Gasteiger partial charge on any atom is -0.464 e. The normalized spacial score (nSPS) is 11.4. The van der Waals surface area contributed by atoms with Crippen molar-refractivity contribution in [1.82, 2.24) is 19.7 Å². The second-order valence-corrected chi connectivity index (χ2v) is 6.62. The van der Waals surface area contributed by atoms with E-state index in [1.807, 2.05) is 10.6 Å². The summed E-state index contributed by atoms with van der Waals surface area (Å²) >= 11 is 0.